The van der Waals surface area contributed by atoms with Gasteiger partial charge in [0, 0.05) is 32.8 Å². The molecule has 0 saturated carbocycles. The molecule has 3 N–H and O–H groups in total. The summed E-state index contributed by atoms with van der Waals surface area (Å²) in [5.74, 6) is -2.27. The molecule has 1 atom stereocenters. The first kappa shape index (κ1) is 19.3. The van der Waals surface area contributed by atoms with E-state index in [9.17, 15) is 18.7 Å². The molecule has 3 aromatic heterocycles. The Balaban J connectivity index is 1.79. The second-order valence-electron chi connectivity index (χ2n) is 6.18. The molecule has 3 heterocycles. The van der Waals surface area contributed by atoms with Gasteiger partial charge < -0.3 is 10.8 Å². The molecule has 0 aliphatic rings. The standard InChI is InChI=1S/C18H13F2N5O2S2/c19-11-1-2-12(13(20)4-11)18(27,7-25-9-22-8-23-25)15-3-10(5-28-15)17-24-14(6-29-17)16(21)26/h1-6,8-9,27H,7H2,(H2,21,26). The Labute approximate surface area is 171 Å². The van der Waals surface area contributed by atoms with Gasteiger partial charge in [-0.2, -0.15) is 5.10 Å². The number of rotatable bonds is 6. The average molecular weight is 433 g/mol. The van der Waals surface area contributed by atoms with Crippen LogP contribution in [0.25, 0.3) is 10.6 Å². The van der Waals surface area contributed by atoms with Crippen LogP contribution < -0.4 is 5.73 Å². The number of carbonyl (C=O) groups excluding carboxylic acids is 1. The van der Waals surface area contributed by atoms with Gasteiger partial charge in [-0.15, -0.1) is 22.7 Å². The van der Waals surface area contributed by atoms with E-state index < -0.39 is 23.1 Å². The normalized spacial score (nSPS) is 13.3. The summed E-state index contributed by atoms with van der Waals surface area (Å²) in [6.07, 6.45) is 2.68. The third kappa shape index (κ3) is 3.67. The summed E-state index contributed by atoms with van der Waals surface area (Å²) in [6.45, 7) is -0.139. The first-order valence-electron chi connectivity index (χ1n) is 8.22. The maximum absolute atomic E-state index is 14.6. The number of aromatic nitrogens is 4. The second-order valence-corrected chi connectivity index (χ2v) is 7.95. The number of halogens is 2. The van der Waals surface area contributed by atoms with Crippen LogP contribution in [0.2, 0.25) is 0 Å². The number of nitrogens with zero attached hydrogens (tertiary/aromatic N) is 4. The van der Waals surface area contributed by atoms with Crippen molar-refractivity contribution in [3.05, 3.63) is 75.4 Å². The van der Waals surface area contributed by atoms with Gasteiger partial charge in [0.1, 0.15) is 40.6 Å². The molecule has 4 aromatic rings. The van der Waals surface area contributed by atoms with E-state index in [1.165, 1.54) is 51.5 Å². The summed E-state index contributed by atoms with van der Waals surface area (Å²) in [7, 11) is 0. The van der Waals surface area contributed by atoms with Crippen molar-refractivity contribution in [1.29, 1.82) is 0 Å². The Kier molecular flexibility index (Phi) is 4.94. The van der Waals surface area contributed by atoms with Crippen molar-refractivity contribution in [2.45, 2.75) is 12.1 Å². The van der Waals surface area contributed by atoms with Crippen LogP contribution in [0.3, 0.4) is 0 Å². The first-order valence-corrected chi connectivity index (χ1v) is 9.98. The van der Waals surface area contributed by atoms with E-state index in [2.05, 4.69) is 15.1 Å². The Bertz CT molecular complexity index is 1170. The summed E-state index contributed by atoms with van der Waals surface area (Å²) in [6, 6.07) is 4.65. The van der Waals surface area contributed by atoms with Gasteiger partial charge in [-0.1, -0.05) is 0 Å². The van der Waals surface area contributed by atoms with E-state index in [1.54, 1.807) is 11.4 Å². The molecule has 148 valence electrons. The molecule has 0 spiro atoms. The zero-order valence-corrected chi connectivity index (χ0v) is 16.3. The molecular weight excluding hydrogens is 420 g/mol. The van der Waals surface area contributed by atoms with Gasteiger partial charge in [0.25, 0.3) is 5.91 Å². The quantitative estimate of drug-likeness (QED) is 0.486. The van der Waals surface area contributed by atoms with Crippen LogP contribution in [0.5, 0.6) is 0 Å². The van der Waals surface area contributed by atoms with E-state index in [0.717, 1.165) is 12.1 Å². The van der Waals surface area contributed by atoms with Crippen molar-refractivity contribution in [3.8, 4) is 10.6 Å². The van der Waals surface area contributed by atoms with Crippen molar-refractivity contribution >= 4 is 28.6 Å². The van der Waals surface area contributed by atoms with Gasteiger partial charge in [0.05, 0.1) is 6.54 Å². The summed E-state index contributed by atoms with van der Waals surface area (Å²) in [5, 5.41) is 19.3. The van der Waals surface area contributed by atoms with Gasteiger partial charge in [0.2, 0.25) is 0 Å². The lowest BCUT2D eigenvalue weighted by Gasteiger charge is -2.28. The third-order valence-corrected chi connectivity index (χ3v) is 6.22. The fourth-order valence-electron chi connectivity index (χ4n) is 2.85. The molecular formula is C18H13F2N5O2S2. The number of aliphatic hydroxyl groups is 1. The van der Waals surface area contributed by atoms with Crippen LogP contribution in [0.15, 0.2) is 47.7 Å². The van der Waals surface area contributed by atoms with Gasteiger partial charge >= 0.3 is 0 Å². The fourth-order valence-corrected chi connectivity index (χ4v) is 4.72. The van der Waals surface area contributed by atoms with Gasteiger partial charge in [-0.25, -0.2) is 23.4 Å². The minimum absolute atomic E-state index is 0.0974. The number of benzene rings is 1. The van der Waals surface area contributed by atoms with Crippen LogP contribution in [0.4, 0.5) is 8.78 Å². The lowest BCUT2D eigenvalue weighted by molar-refractivity contribution is 0.0571. The maximum atomic E-state index is 14.6. The number of nitrogens with two attached hydrogens (primary N) is 1. The summed E-state index contributed by atoms with van der Waals surface area (Å²) in [4.78, 5) is 19.7. The predicted octanol–water partition coefficient (Wildman–Crippen LogP) is 2.78. The molecule has 0 bridgehead atoms. The molecule has 4 rings (SSSR count). The van der Waals surface area contributed by atoms with Crippen molar-refractivity contribution in [2.75, 3.05) is 0 Å². The average Bonchev–Trinajstić information content (AvgIpc) is 3.42. The summed E-state index contributed by atoms with van der Waals surface area (Å²) < 4.78 is 29.4. The number of primary amides is 1. The zero-order valence-electron chi connectivity index (χ0n) is 14.6. The molecule has 29 heavy (non-hydrogen) atoms. The number of thiophene rings is 1. The molecule has 7 nitrogen and oxygen atoms in total. The van der Waals surface area contributed by atoms with Crippen LogP contribution in [-0.2, 0) is 12.1 Å². The number of hydrogen-bond acceptors (Lipinski definition) is 7. The minimum Gasteiger partial charge on any atom is -0.377 e. The lowest BCUT2D eigenvalue weighted by Crippen LogP contribution is -2.33. The fraction of sp³-hybridized carbons (Fsp3) is 0.111. The van der Waals surface area contributed by atoms with E-state index >= 15 is 0 Å². The number of thiazole rings is 1. The van der Waals surface area contributed by atoms with Crippen molar-refractivity contribution in [2.24, 2.45) is 5.73 Å². The van der Waals surface area contributed by atoms with Gasteiger partial charge in [0.15, 0.2) is 0 Å². The smallest absolute Gasteiger partial charge is 0.268 e. The number of carbonyl (C=O) groups is 1. The van der Waals surface area contributed by atoms with Crippen LogP contribution >= 0.6 is 22.7 Å². The molecule has 1 unspecified atom stereocenters. The highest BCUT2D eigenvalue weighted by Crippen LogP contribution is 2.39. The third-order valence-electron chi connectivity index (χ3n) is 4.24. The summed E-state index contributed by atoms with van der Waals surface area (Å²) >= 11 is 2.40. The Morgan fingerprint density at radius 2 is 2.07 bits per heavy atom. The Morgan fingerprint density at radius 1 is 1.24 bits per heavy atom. The van der Waals surface area contributed by atoms with E-state index in [0.29, 0.717) is 15.4 Å². The topological polar surface area (TPSA) is 107 Å². The highest BCUT2D eigenvalue weighted by atomic mass is 32.1. The second kappa shape index (κ2) is 7.43. The van der Waals surface area contributed by atoms with Crippen molar-refractivity contribution in [3.63, 3.8) is 0 Å². The molecule has 11 heteroatoms. The monoisotopic (exact) mass is 433 g/mol. The molecule has 0 radical (unpaired) electrons. The van der Waals surface area contributed by atoms with Crippen molar-refractivity contribution in [1.82, 2.24) is 19.7 Å². The van der Waals surface area contributed by atoms with E-state index in [1.807, 2.05) is 0 Å². The Hall–Kier alpha value is -3.02. The highest BCUT2D eigenvalue weighted by molar-refractivity contribution is 7.14. The summed E-state index contributed by atoms with van der Waals surface area (Å²) in [5.41, 5.74) is 4.09. The Morgan fingerprint density at radius 3 is 2.72 bits per heavy atom. The lowest BCUT2D eigenvalue weighted by atomic mass is 9.91. The molecule has 1 amide bonds. The minimum atomic E-state index is -1.84. The van der Waals surface area contributed by atoms with Gasteiger partial charge in [-0.3, -0.25) is 4.79 Å². The van der Waals surface area contributed by atoms with Crippen LogP contribution in [0, 0.1) is 11.6 Å². The predicted molar refractivity (Wildman–Crippen MR) is 103 cm³/mol. The maximum Gasteiger partial charge on any atom is 0.268 e. The first-order chi connectivity index (χ1) is 13.9. The van der Waals surface area contributed by atoms with Crippen molar-refractivity contribution < 1.29 is 18.7 Å². The molecule has 0 aliphatic heterocycles. The molecule has 0 aliphatic carbocycles. The van der Waals surface area contributed by atoms with Crippen LogP contribution in [-0.4, -0.2) is 30.8 Å². The zero-order chi connectivity index (χ0) is 20.6. The molecule has 0 fully saturated rings. The number of amides is 1. The highest BCUT2D eigenvalue weighted by Gasteiger charge is 2.37. The molecule has 1 aromatic carbocycles. The SMILES string of the molecule is NC(=O)c1csc(-c2csc(C(O)(Cn3cncn3)c3ccc(F)cc3F)c2)n1. The van der Waals surface area contributed by atoms with Crippen LogP contribution in [0.1, 0.15) is 20.9 Å². The number of hydrogen-bond donors (Lipinski definition) is 2. The van der Waals surface area contributed by atoms with Gasteiger partial charge in [-0.05, 0) is 18.2 Å². The van der Waals surface area contributed by atoms with E-state index in [4.69, 9.17) is 5.73 Å². The largest absolute Gasteiger partial charge is 0.377 e. The molecule has 0 saturated heterocycles. The van der Waals surface area contributed by atoms with E-state index in [-0.39, 0.29) is 17.8 Å².